The smallest absolute Gasteiger partial charge is 0.157 e. The summed E-state index contributed by atoms with van der Waals surface area (Å²) >= 11 is 21.6. The third-order valence-corrected chi connectivity index (χ3v) is 4.51. The van der Waals surface area contributed by atoms with Gasteiger partial charge in [-0.1, -0.05) is 41.7 Å². The van der Waals surface area contributed by atoms with E-state index >= 15 is 0 Å². The average Bonchev–Trinajstić information content (AvgIpc) is 2.64. The minimum Gasteiger partial charge on any atom is -0.484 e. The molecule has 2 aromatic rings. The number of benzene rings is 1. The molecule has 0 saturated carbocycles. The topological polar surface area (TPSA) is 27.1 Å². The number of aryl methyl sites for hydroxylation is 2. The number of halogens is 4. The van der Waals surface area contributed by atoms with Crippen LogP contribution in [-0.4, -0.2) is 9.78 Å². The van der Waals surface area contributed by atoms with Gasteiger partial charge in [0.05, 0.1) is 25.9 Å². The van der Waals surface area contributed by atoms with Gasteiger partial charge in [0.1, 0.15) is 6.61 Å². The second kappa shape index (κ2) is 6.56. The molecule has 0 spiro atoms. The Labute approximate surface area is 140 Å². The van der Waals surface area contributed by atoms with Crippen molar-refractivity contribution in [3.8, 4) is 5.75 Å². The van der Waals surface area contributed by atoms with Gasteiger partial charge in [-0.3, -0.25) is 4.68 Å². The maximum absolute atomic E-state index is 6.09. The highest BCUT2D eigenvalue weighted by atomic mass is 79.9. The van der Waals surface area contributed by atoms with Crippen LogP contribution >= 0.6 is 50.7 Å². The van der Waals surface area contributed by atoms with Gasteiger partial charge in [0, 0.05) is 12.1 Å². The number of nitrogens with zero attached hydrogens (tertiary/aromatic N) is 2. The van der Waals surface area contributed by atoms with Gasteiger partial charge >= 0.3 is 0 Å². The first-order valence-electron chi connectivity index (χ1n) is 5.91. The zero-order valence-corrected chi connectivity index (χ0v) is 14.7. The van der Waals surface area contributed by atoms with Gasteiger partial charge in [-0.05, 0) is 34.5 Å². The van der Waals surface area contributed by atoms with Crippen molar-refractivity contribution >= 4 is 50.7 Å². The molecule has 0 N–H and O–H groups in total. The van der Waals surface area contributed by atoms with Gasteiger partial charge in [0.2, 0.25) is 0 Å². The van der Waals surface area contributed by atoms with E-state index in [2.05, 4.69) is 21.0 Å². The number of aromatic nitrogens is 2. The predicted octanol–water partition coefficient (Wildman–Crippen LogP) is 5.28. The molecule has 1 aromatic carbocycles. The molecule has 20 heavy (non-hydrogen) atoms. The Bertz CT molecular complexity index is 620. The van der Waals surface area contributed by atoms with Crippen LogP contribution in [-0.2, 0) is 20.1 Å². The SMILES string of the molecule is CCc1nn(C)c(COc2c(Cl)cc(Cl)cc2Cl)c1Br. The predicted molar refractivity (Wildman–Crippen MR) is 86.1 cm³/mol. The van der Waals surface area contributed by atoms with Crippen LogP contribution < -0.4 is 4.74 Å². The molecule has 0 amide bonds. The maximum Gasteiger partial charge on any atom is 0.157 e. The molecule has 0 radical (unpaired) electrons. The number of hydrogen-bond acceptors (Lipinski definition) is 2. The lowest BCUT2D eigenvalue weighted by molar-refractivity contribution is 0.294. The average molecular weight is 399 g/mol. The largest absolute Gasteiger partial charge is 0.484 e. The van der Waals surface area contributed by atoms with E-state index in [9.17, 15) is 0 Å². The highest BCUT2D eigenvalue weighted by molar-refractivity contribution is 9.10. The molecule has 7 heteroatoms. The molecule has 2 rings (SSSR count). The fourth-order valence-corrected chi connectivity index (χ4v) is 3.44. The summed E-state index contributed by atoms with van der Waals surface area (Å²) in [5.41, 5.74) is 1.91. The summed E-state index contributed by atoms with van der Waals surface area (Å²) in [4.78, 5) is 0. The van der Waals surface area contributed by atoms with E-state index in [1.54, 1.807) is 16.8 Å². The Hall–Kier alpha value is -0.420. The zero-order chi connectivity index (χ0) is 14.9. The second-order valence-corrected chi connectivity index (χ2v) is 6.22. The van der Waals surface area contributed by atoms with Crippen LogP contribution in [0.4, 0.5) is 0 Å². The van der Waals surface area contributed by atoms with Crippen molar-refractivity contribution in [2.45, 2.75) is 20.0 Å². The van der Waals surface area contributed by atoms with Crippen LogP contribution in [0.2, 0.25) is 15.1 Å². The van der Waals surface area contributed by atoms with Crippen molar-refractivity contribution in [1.29, 1.82) is 0 Å². The van der Waals surface area contributed by atoms with Crippen LogP contribution in [0, 0.1) is 0 Å². The maximum atomic E-state index is 6.09. The third-order valence-electron chi connectivity index (χ3n) is 2.82. The lowest BCUT2D eigenvalue weighted by Crippen LogP contribution is -2.04. The molecule has 0 aliphatic heterocycles. The third kappa shape index (κ3) is 3.25. The van der Waals surface area contributed by atoms with Gasteiger partial charge in [0.25, 0.3) is 0 Å². The highest BCUT2D eigenvalue weighted by Crippen LogP contribution is 2.36. The lowest BCUT2D eigenvalue weighted by atomic mass is 10.3. The molecular weight excluding hydrogens is 386 g/mol. The first-order chi connectivity index (χ1) is 9.43. The minimum atomic E-state index is 0.311. The van der Waals surface area contributed by atoms with Crippen LogP contribution in [0.3, 0.4) is 0 Å². The van der Waals surface area contributed by atoms with Crippen LogP contribution in [0.15, 0.2) is 16.6 Å². The van der Waals surface area contributed by atoms with E-state index in [0.717, 1.165) is 22.3 Å². The fourth-order valence-electron chi connectivity index (χ4n) is 1.78. The molecule has 0 bridgehead atoms. The van der Waals surface area contributed by atoms with E-state index in [0.29, 0.717) is 27.4 Å². The van der Waals surface area contributed by atoms with Crippen LogP contribution in [0.25, 0.3) is 0 Å². The number of ether oxygens (including phenoxy) is 1. The standard InChI is InChI=1S/C13H12BrCl3N2O/c1-3-10-12(14)11(19(2)18-10)6-20-13-8(16)4-7(15)5-9(13)17/h4-5H,3,6H2,1-2H3. The summed E-state index contributed by atoms with van der Waals surface area (Å²) in [6, 6.07) is 3.19. The Morgan fingerprint density at radius 3 is 2.35 bits per heavy atom. The number of rotatable bonds is 4. The van der Waals surface area contributed by atoms with Gasteiger partial charge < -0.3 is 4.74 Å². The Morgan fingerprint density at radius 1 is 1.25 bits per heavy atom. The minimum absolute atomic E-state index is 0.311. The van der Waals surface area contributed by atoms with E-state index < -0.39 is 0 Å². The summed E-state index contributed by atoms with van der Waals surface area (Å²) in [5, 5.41) is 5.65. The Kier molecular flexibility index (Phi) is 5.24. The van der Waals surface area contributed by atoms with E-state index in [1.165, 1.54) is 0 Å². The van der Waals surface area contributed by atoms with E-state index in [4.69, 9.17) is 39.5 Å². The molecule has 0 aliphatic rings. The molecule has 3 nitrogen and oxygen atoms in total. The molecule has 108 valence electrons. The monoisotopic (exact) mass is 396 g/mol. The summed E-state index contributed by atoms with van der Waals surface area (Å²) in [6.45, 7) is 2.36. The first-order valence-corrected chi connectivity index (χ1v) is 7.84. The van der Waals surface area contributed by atoms with Gasteiger partial charge in [0.15, 0.2) is 5.75 Å². The number of hydrogen-bond donors (Lipinski definition) is 0. The fraction of sp³-hybridized carbons (Fsp3) is 0.308. The van der Waals surface area contributed by atoms with E-state index in [-0.39, 0.29) is 0 Å². The van der Waals surface area contributed by atoms with Crippen LogP contribution in [0.5, 0.6) is 5.75 Å². The summed E-state index contributed by atoms with van der Waals surface area (Å²) in [7, 11) is 1.87. The van der Waals surface area contributed by atoms with Crippen molar-refractivity contribution in [2.75, 3.05) is 0 Å². The van der Waals surface area contributed by atoms with Crippen molar-refractivity contribution in [1.82, 2.24) is 9.78 Å². The molecule has 1 heterocycles. The lowest BCUT2D eigenvalue weighted by Gasteiger charge is -2.11. The van der Waals surface area contributed by atoms with Gasteiger partial charge in [-0.25, -0.2) is 0 Å². The van der Waals surface area contributed by atoms with Gasteiger partial charge in [-0.2, -0.15) is 5.10 Å². The Balaban J connectivity index is 2.24. The van der Waals surface area contributed by atoms with Crippen molar-refractivity contribution in [3.05, 3.63) is 43.1 Å². The molecule has 0 unspecified atom stereocenters. The van der Waals surface area contributed by atoms with E-state index in [1.807, 2.05) is 14.0 Å². The van der Waals surface area contributed by atoms with Crippen molar-refractivity contribution in [3.63, 3.8) is 0 Å². The first kappa shape index (κ1) is 16.0. The normalized spacial score (nSPS) is 10.9. The highest BCUT2D eigenvalue weighted by Gasteiger charge is 2.15. The second-order valence-electron chi connectivity index (χ2n) is 4.17. The van der Waals surface area contributed by atoms with Crippen LogP contribution in [0.1, 0.15) is 18.3 Å². The summed E-state index contributed by atoms with van der Waals surface area (Å²) in [5.74, 6) is 0.420. The molecule has 0 fully saturated rings. The molecule has 0 atom stereocenters. The van der Waals surface area contributed by atoms with Crippen molar-refractivity contribution in [2.24, 2.45) is 7.05 Å². The van der Waals surface area contributed by atoms with Gasteiger partial charge in [-0.15, -0.1) is 0 Å². The summed E-state index contributed by atoms with van der Waals surface area (Å²) in [6.07, 6.45) is 0.844. The summed E-state index contributed by atoms with van der Waals surface area (Å²) < 4.78 is 8.44. The quantitative estimate of drug-likeness (QED) is 0.700. The molecule has 0 aliphatic carbocycles. The molecule has 0 saturated heterocycles. The zero-order valence-electron chi connectivity index (χ0n) is 10.9. The molecular formula is C13H12BrCl3N2O. The molecule has 1 aromatic heterocycles. The Morgan fingerprint density at radius 2 is 1.85 bits per heavy atom. The van der Waals surface area contributed by atoms with Crippen molar-refractivity contribution < 1.29 is 4.74 Å².